The van der Waals surface area contributed by atoms with Crippen LogP contribution < -0.4 is 21.7 Å². The number of ketones is 1. The third-order valence-corrected chi connectivity index (χ3v) is 13.1. The second-order valence-electron chi connectivity index (χ2n) is 19.1. The molecule has 6 aromatic rings. The van der Waals surface area contributed by atoms with E-state index in [4.69, 9.17) is 20.4 Å². The van der Waals surface area contributed by atoms with E-state index < -0.39 is 30.0 Å². The van der Waals surface area contributed by atoms with E-state index >= 15 is 0 Å². The first-order valence-electron chi connectivity index (χ1n) is 25.1. The summed E-state index contributed by atoms with van der Waals surface area (Å²) in [5.41, 5.74) is 13.7. The van der Waals surface area contributed by atoms with Crippen molar-refractivity contribution in [3.05, 3.63) is 131 Å². The fourth-order valence-corrected chi connectivity index (χ4v) is 8.75. The summed E-state index contributed by atoms with van der Waals surface area (Å²) < 4.78 is 7.63. The van der Waals surface area contributed by atoms with E-state index in [0.717, 1.165) is 32.8 Å². The van der Waals surface area contributed by atoms with Crippen LogP contribution in [0.4, 0.5) is 15.3 Å². The summed E-state index contributed by atoms with van der Waals surface area (Å²) in [6, 6.07) is 20.7. The van der Waals surface area contributed by atoms with E-state index in [9.17, 15) is 33.6 Å². The van der Waals surface area contributed by atoms with Crippen molar-refractivity contribution >= 4 is 52.9 Å². The fourth-order valence-electron chi connectivity index (χ4n) is 8.75. The number of Topliss-reactive ketones (excluding diaryl/α,β-unsaturated/α-hetero) is 1. The van der Waals surface area contributed by atoms with Gasteiger partial charge in [-0.15, -0.1) is 0 Å². The fraction of sp³-hybridized carbons (Fsp3) is 0.364. The maximum Gasteiger partial charge on any atom is 0.410 e. The molecule has 7 amide bonds. The molecule has 5 heterocycles. The number of fused-ring (bicyclic) bond motifs is 1. The predicted molar refractivity (Wildman–Crippen MR) is 280 cm³/mol. The Bertz CT molecular complexity index is 3050. The molecule has 2 atom stereocenters. The van der Waals surface area contributed by atoms with Gasteiger partial charge in [0.25, 0.3) is 11.8 Å². The van der Waals surface area contributed by atoms with E-state index in [2.05, 4.69) is 31.0 Å². The highest BCUT2D eigenvalue weighted by Crippen LogP contribution is 2.31. The normalized spacial score (nSPS) is 13.0. The molecule has 20 nitrogen and oxygen atoms in total. The van der Waals surface area contributed by atoms with Crippen LogP contribution >= 0.6 is 0 Å². The number of urea groups is 1. The molecule has 0 saturated heterocycles. The van der Waals surface area contributed by atoms with Crippen molar-refractivity contribution in [3.8, 4) is 22.6 Å². The number of pyridine rings is 2. The number of imide groups is 1. The predicted octanol–water partition coefficient (Wildman–Crippen LogP) is 7.03. The van der Waals surface area contributed by atoms with Crippen LogP contribution in [0.1, 0.15) is 92.6 Å². The van der Waals surface area contributed by atoms with Gasteiger partial charge in [0.1, 0.15) is 18.8 Å². The highest BCUT2D eigenvalue weighted by atomic mass is 16.6. The number of aromatic nitrogens is 6. The molecular weight excluding hydrogens is 957 g/mol. The van der Waals surface area contributed by atoms with Crippen LogP contribution in [-0.4, -0.2) is 100 Å². The van der Waals surface area contributed by atoms with Crippen molar-refractivity contribution in [2.75, 3.05) is 18.4 Å². The van der Waals surface area contributed by atoms with Crippen molar-refractivity contribution in [2.24, 2.45) is 17.6 Å². The Kier molecular flexibility index (Phi) is 18.4. The van der Waals surface area contributed by atoms with Crippen LogP contribution in [0.5, 0.6) is 0 Å². The average molecular weight is 1020 g/mol. The zero-order valence-corrected chi connectivity index (χ0v) is 42.9. The minimum absolute atomic E-state index is 0.0707. The number of benzene rings is 2. The second-order valence-corrected chi connectivity index (χ2v) is 19.1. The number of hydrogen-bond donors (Lipinski definition) is 5. The van der Waals surface area contributed by atoms with Gasteiger partial charge < -0.3 is 31.4 Å². The quantitative estimate of drug-likeness (QED) is 0.0286. The van der Waals surface area contributed by atoms with Gasteiger partial charge in [0.15, 0.2) is 11.4 Å². The van der Waals surface area contributed by atoms with E-state index in [-0.39, 0.29) is 81.5 Å². The Labute approximate surface area is 434 Å². The Morgan fingerprint density at radius 3 is 2.35 bits per heavy atom. The number of amides is 7. The van der Waals surface area contributed by atoms with E-state index in [1.807, 2.05) is 89.3 Å². The van der Waals surface area contributed by atoms with Gasteiger partial charge >= 0.3 is 12.1 Å². The number of nitrogens with two attached hydrogens (primary N) is 1. The topological polar surface area (TPSA) is 269 Å². The van der Waals surface area contributed by atoms with Crippen molar-refractivity contribution in [1.82, 2.24) is 50.0 Å². The maximum atomic E-state index is 14.2. The highest BCUT2D eigenvalue weighted by molar-refractivity contribution is 6.12. The number of carbonyl (C=O) groups is 7. The Balaban J connectivity index is 0.997. The number of aromatic amines is 1. The molecule has 0 fully saturated rings. The zero-order valence-electron chi connectivity index (χ0n) is 42.9. The van der Waals surface area contributed by atoms with E-state index in [1.54, 1.807) is 33.7 Å². The van der Waals surface area contributed by atoms with Crippen LogP contribution in [0, 0.1) is 32.6 Å². The molecule has 75 heavy (non-hydrogen) atoms. The first-order valence-corrected chi connectivity index (χ1v) is 25.1. The van der Waals surface area contributed by atoms with Crippen LogP contribution in [0.3, 0.4) is 0 Å². The van der Waals surface area contributed by atoms with Crippen LogP contribution in [0.15, 0.2) is 97.5 Å². The number of rotatable bonds is 25. The van der Waals surface area contributed by atoms with Gasteiger partial charge in [0.05, 0.1) is 29.7 Å². The molecule has 4 aromatic heterocycles. The molecule has 0 unspecified atom stereocenters. The van der Waals surface area contributed by atoms with Gasteiger partial charge in [0.2, 0.25) is 11.8 Å². The number of nitrogens with one attached hydrogen (secondary N) is 4. The third kappa shape index (κ3) is 14.8. The molecule has 0 aliphatic carbocycles. The SMILES string of the molecule is Cc1cccc(-c2[nH]c(CN(Cc3cccc(C)c3C)C(=O)OCc3ccc(NC(=O)[C@H](CCCNC(N)=O)CC(=O)[C@@H](NC(=O)CCCCCN4C(=O)C=CC4=O)C(C)C)cc3)nc2-c2ccc3ncnn3c2)n1. The Morgan fingerprint density at radius 1 is 0.853 bits per heavy atom. The minimum atomic E-state index is -0.854. The molecule has 0 radical (unpaired) electrons. The second kappa shape index (κ2) is 25.4. The third-order valence-electron chi connectivity index (χ3n) is 13.1. The number of nitrogens with zero attached hydrogens (tertiary/aromatic N) is 7. The lowest BCUT2D eigenvalue weighted by Gasteiger charge is -2.24. The van der Waals surface area contributed by atoms with Gasteiger partial charge in [-0.3, -0.25) is 38.8 Å². The number of anilines is 1. The van der Waals surface area contributed by atoms with Crippen molar-refractivity contribution in [1.29, 1.82) is 0 Å². The number of primary amides is 1. The van der Waals surface area contributed by atoms with Crippen LogP contribution in [0.2, 0.25) is 0 Å². The monoisotopic (exact) mass is 1020 g/mol. The molecule has 0 spiro atoms. The number of carbonyl (C=O) groups excluding carboxylic acids is 7. The van der Waals surface area contributed by atoms with Crippen molar-refractivity contribution in [3.63, 3.8) is 0 Å². The van der Waals surface area contributed by atoms with Gasteiger partial charge in [-0.2, -0.15) is 5.10 Å². The molecule has 1 aliphatic rings. The molecule has 7 rings (SSSR count). The lowest BCUT2D eigenvalue weighted by Crippen LogP contribution is -2.45. The standard InChI is InChI=1S/C55H64N12O8/c1-34(2)50(64-47(69)17-7-6-8-27-66-48(70)24-25-49(66)71)44(68)28-39(15-11-26-57-54(56)73)53(72)61-42-21-18-38(19-22-42)32-75-55(74)65(29-40-14-9-12-35(3)37(40)5)31-45-62-51(41-20-23-46-58-33-59-67(46)30-41)52(63-45)43-16-10-13-36(4)60-43/h9-10,12-14,16,18-25,30,33-34,39,50H,6-8,11,15,17,26-29,31-32H2,1-5H3,(H,61,72)(H,62,63)(H,64,69)(H3,56,57,73)/t39-,50+/m1/s1. The Morgan fingerprint density at radius 2 is 1.61 bits per heavy atom. The highest BCUT2D eigenvalue weighted by Gasteiger charge is 2.30. The molecule has 20 heteroatoms. The van der Waals surface area contributed by atoms with Crippen molar-refractivity contribution < 1.29 is 38.3 Å². The van der Waals surface area contributed by atoms with Crippen molar-refractivity contribution in [2.45, 2.75) is 105 Å². The zero-order chi connectivity index (χ0) is 53.6. The summed E-state index contributed by atoms with van der Waals surface area (Å²) in [5.74, 6) is -2.34. The van der Waals surface area contributed by atoms with Gasteiger partial charge in [0, 0.05) is 73.7 Å². The number of ether oxygens (including phenoxy) is 1. The summed E-state index contributed by atoms with van der Waals surface area (Å²) in [6.45, 7) is 10.3. The average Bonchev–Trinajstić information content (AvgIpc) is 4.12. The molecule has 1 aliphatic heterocycles. The summed E-state index contributed by atoms with van der Waals surface area (Å²) in [7, 11) is 0. The number of H-pyrrole nitrogens is 1. The number of unbranched alkanes of at least 4 members (excludes halogenated alkanes) is 2. The van der Waals surface area contributed by atoms with E-state index in [0.29, 0.717) is 65.5 Å². The molecule has 392 valence electrons. The van der Waals surface area contributed by atoms with Gasteiger partial charge in [-0.1, -0.05) is 56.7 Å². The molecule has 0 bridgehead atoms. The number of aryl methyl sites for hydroxylation is 2. The summed E-state index contributed by atoms with van der Waals surface area (Å²) >= 11 is 0. The first-order chi connectivity index (χ1) is 36.0. The molecule has 6 N–H and O–H groups in total. The summed E-state index contributed by atoms with van der Waals surface area (Å²) in [4.78, 5) is 110. The Hall–Kier alpha value is -8.55. The largest absolute Gasteiger partial charge is 0.445 e. The van der Waals surface area contributed by atoms with Gasteiger partial charge in [-0.05, 0) is 111 Å². The van der Waals surface area contributed by atoms with Crippen LogP contribution in [0.25, 0.3) is 28.3 Å². The molecule has 2 aromatic carbocycles. The van der Waals surface area contributed by atoms with Gasteiger partial charge in [-0.25, -0.2) is 24.1 Å². The van der Waals surface area contributed by atoms with E-state index in [1.165, 1.54) is 18.5 Å². The molecular formula is C55H64N12O8. The lowest BCUT2D eigenvalue weighted by molar-refractivity contribution is -0.137. The molecule has 0 saturated carbocycles. The number of imidazole rings is 1. The number of hydrogen-bond acceptors (Lipinski definition) is 12. The minimum Gasteiger partial charge on any atom is -0.445 e. The smallest absolute Gasteiger partial charge is 0.410 e. The maximum absolute atomic E-state index is 14.2. The first kappa shape index (κ1) is 54.2. The summed E-state index contributed by atoms with van der Waals surface area (Å²) in [6.07, 6.45) is 7.41. The lowest BCUT2D eigenvalue weighted by atomic mass is 9.89. The van der Waals surface area contributed by atoms with Crippen LogP contribution in [-0.2, 0) is 48.4 Å². The summed E-state index contributed by atoms with van der Waals surface area (Å²) in [5, 5.41) is 12.6.